The van der Waals surface area contributed by atoms with Crippen LogP contribution in [0.4, 0.5) is 5.69 Å². The number of benzene rings is 2. The van der Waals surface area contributed by atoms with Crippen molar-refractivity contribution in [1.82, 2.24) is 5.32 Å². The average Bonchev–Trinajstić information content (AvgIpc) is 2.74. The normalized spacial score (nSPS) is 27.9. The molecule has 0 aromatic heterocycles. The monoisotopic (exact) mass is 488 g/mol. The zero-order valence-electron chi connectivity index (χ0n) is 17.7. The molecule has 7 heteroatoms. The van der Waals surface area contributed by atoms with Crippen LogP contribution in [0.25, 0.3) is 0 Å². The largest absolute Gasteiger partial charge is 0.350 e. The first-order valence-corrected chi connectivity index (χ1v) is 12.9. The predicted molar refractivity (Wildman–Crippen MR) is 131 cm³/mol. The van der Waals surface area contributed by atoms with Gasteiger partial charge in [0.2, 0.25) is 5.91 Å². The molecule has 4 aliphatic carbocycles. The molecular formula is C25H26Cl2N2O2S. The maximum atomic E-state index is 12.9. The standard InChI is InChI=1S/C25H26Cl2N2O2S/c26-20-6-5-18(10-21(20)27)28-24(31)19-3-1-2-4-22(19)32-14-23(30)29-25-11-15-7-16(12-25)9-17(8-15)13-25/h1-6,10,15-17H,7-9,11-14H2,(H,28,31)(H,29,30). The topological polar surface area (TPSA) is 58.2 Å². The van der Waals surface area contributed by atoms with E-state index in [1.54, 1.807) is 24.3 Å². The van der Waals surface area contributed by atoms with Gasteiger partial charge in [0, 0.05) is 16.1 Å². The Labute approximate surface area is 202 Å². The van der Waals surface area contributed by atoms with E-state index < -0.39 is 0 Å². The quantitative estimate of drug-likeness (QED) is 0.460. The van der Waals surface area contributed by atoms with Crippen molar-refractivity contribution < 1.29 is 9.59 Å². The molecule has 32 heavy (non-hydrogen) atoms. The zero-order valence-corrected chi connectivity index (χ0v) is 20.0. The minimum atomic E-state index is -0.243. The fraction of sp³-hybridized carbons (Fsp3) is 0.440. The van der Waals surface area contributed by atoms with Gasteiger partial charge in [-0.3, -0.25) is 9.59 Å². The van der Waals surface area contributed by atoms with E-state index >= 15 is 0 Å². The van der Waals surface area contributed by atoms with Crippen LogP contribution in [0.5, 0.6) is 0 Å². The van der Waals surface area contributed by atoms with E-state index in [-0.39, 0.29) is 17.4 Å². The minimum absolute atomic E-state index is 0.0110. The lowest BCUT2D eigenvalue weighted by Gasteiger charge is -2.56. The second-order valence-corrected chi connectivity index (χ2v) is 11.4. The van der Waals surface area contributed by atoms with Crippen LogP contribution in [-0.4, -0.2) is 23.1 Å². The number of nitrogens with one attached hydrogen (secondary N) is 2. The van der Waals surface area contributed by atoms with E-state index in [1.165, 1.54) is 31.0 Å². The SMILES string of the molecule is O=C(CSc1ccccc1C(=O)Nc1ccc(Cl)c(Cl)c1)NC12CC3CC(CC(C3)C1)C2. The Morgan fingerprint density at radius 2 is 1.59 bits per heavy atom. The third-order valence-electron chi connectivity index (χ3n) is 7.11. The van der Waals surface area contributed by atoms with Gasteiger partial charge >= 0.3 is 0 Å². The number of halogens is 2. The summed E-state index contributed by atoms with van der Waals surface area (Å²) in [5.74, 6) is 2.50. The molecule has 0 unspecified atom stereocenters. The molecule has 0 aliphatic heterocycles. The molecule has 4 bridgehead atoms. The summed E-state index contributed by atoms with van der Waals surface area (Å²) >= 11 is 13.4. The van der Waals surface area contributed by atoms with Crippen LogP contribution in [0.2, 0.25) is 10.0 Å². The lowest BCUT2D eigenvalue weighted by molar-refractivity contribution is -0.124. The smallest absolute Gasteiger partial charge is 0.256 e. The molecule has 2 aromatic rings. The molecule has 4 saturated carbocycles. The summed E-state index contributed by atoms with van der Waals surface area (Å²) < 4.78 is 0. The number of rotatable bonds is 6. The van der Waals surface area contributed by atoms with Gasteiger partial charge in [0.25, 0.3) is 5.91 Å². The summed E-state index contributed by atoms with van der Waals surface area (Å²) in [6, 6.07) is 12.3. The summed E-state index contributed by atoms with van der Waals surface area (Å²) in [5.41, 5.74) is 1.12. The van der Waals surface area contributed by atoms with Crippen molar-refractivity contribution in [1.29, 1.82) is 0 Å². The van der Waals surface area contributed by atoms with Gasteiger partial charge in [-0.2, -0.15) is 0 Å². The highest BCUT2D eigenvalue weighted by atomic mass is 35.5. The first kappa shape index (κ1) is 22.1. The van der Waals surface area contributed by atoms with Crippen LogP contribution >= 0.6 is 35.0 Å². The first-order valence-electron chi connectivity index (χ1n) is 11.2. The van der Waals surface area contributed by atoms with Crippen LogP contribution < -0.4 is 10.6 Å². The lowest BCUT2D eigenvalue weighted by atomic mass is 9.53. The molecule has 0 heterocycles. The number of hydrogen-bond donors (Lipinski definition) is 2. The van der Waals surface area contributed by atoms with Crippen LogP contribution in [0.1, 0.15) is 48.9 Å². The summed E-state index contributed by atoms with van der Waals surface area (Å²) in [6.07, 6.45) is 7.47. The van der Waals surface area contributed by atoms with Gasteiger partial charge in [-0.05, 0) is 86.6 Å². The Balaban J connectivity index is 1.22. The van der Waals surface area contributed by atoms with E-state index in [9.17, 15) is 9.59 Å². The van der Waals surface area contributed by atoms with Gasteiger partial charge in [0.05, 0.1) is 21.4 Å². The number of amides is 2. The maximum absolute atomic E-state index is 12.9. The van der Waals surface area contributed by atoms with Crippen LogP contribution in [-0.2, 0) is 4.79 Å². The van der Waals surface area contributed by atoms with Crippen LogP contribution in [0.15, 0.2) is 47.4 Å². The Hall–Kier alpha value is -1.69. The second kappa shape index (κ2) is 8.92. The third-order valence-corrected chi connectivity index (χ3v) is 8.92. The van der Waals surface area contributed by atoms with Crippen molar-refractivity contribution in [2.24, 2.45) is 17.8 Å². The van der Waals surface area contributed by atoms with E-state index in [4.69, 9.17) is 23.2 Å². The maximum Gasteiger partial charge on any atom is 0.256 e. The molecule has 4 aliphatic rings. The number of carbonyl (C=O) groups is 2. The predicted octanol–water partition coefficient (Wildman–Crippen LogP) is 6.42. The first-order chi connectivity index (χ1) is 15.4. The van der Waals surface area contributed by atoms with Crippen molar-refractivity contribution in [2.75, 3.05) is 11.1 Å². The molecule has 2 N–H and O–H groups in total. The molecule has 0 radical (unpaired) electrons. The fourth-order valence-corrected chi connectivity index (χ4v) is 7.44. The zero-order chi connectivity index (χ0) is 22.3. The molecule has 168 valence electrons. The van der Waals surface area contributed by atoms with E-state index in [2.05, 4.69) is 10.6 Å². The highest BCUT2D eigenvalue weighted by molar-refractivity contribution is 8.00. The molecule has 0 atom stereocenters. The molecule has 4 fully saturated rings. The van der Waals surface area contributed by atoms with Gasteiger partial charge in [0.15, 0.2) is 0 Å². The van der Waals surface area contributed by atoms with Crippen molar-refractivity contribution >= 4 is 52.5 Å². The summed E-state index contributed by atoms with van der Waals surface area (Å²) in [4.78, 5) is 26.5. The molecule has 2 aromatic carbocycles. The minimum Gasteiger partial charge on any atom is -0.350 e. The van der Waals surface area contributed by atoms with Crippen LogP contribution in [0.3, 0.4) is 0 Å². The highest BCUT2D eigenvalue weighted by Gasteiger charge is 2.51. The van der Waals surface area contributed by atoms with E-state index in [0.29, 0.717) is 27.0 Å². The van der Waals surface area contributed by atoms with Gasteiger partial charge in [-0.1, -0.05) is 35.3 Å². The summed E-state index contributed by atoms with van der Waals surface area (Å²) in [6.45, 7) is 0. The van der Waals surface area contributed by atoms with E-state index in [1.807, 2.05) is 18.2 Å². The van der Waals surface area contributed by atoms with Crippen LogP contribution in [0, 0.1) is 17.8 Å². The van der Waals surface area contributed by atoms with Gasteiger partial charge in [-0.15, -0.1) is 11.8 Å². The molecule has 0 saturated heterocycles. The fourth-order valence-electron chi connectivity index (χ4n) is 6.29. The summed E-state index contributed by atoms with van der Waals surface area (Å²) in [7, 11) is 0. The van der Waals surface area contributed by atoms with Crippen molar-refractivity contribution in [3.05, 3.63) is 58.1 Å². The number of thioether (sulfide) groups is 1. The van der Waals surface area contributed by atoms with Crippen molar-refractivity contribution in [3.8, 4) is 0 Å². The lowest BCUT2D eigenvalue weighted by Crippen LogP contribution is -2.60. The molecule has 4 nitrogen and oxygen atoms in total. The molecule has 6 rings (SSSR count). The number of carbonyl (C=O) groups excluding carboxylic acids is 2. The van der Waals surface area contributed by atoms with Gasteiger partial charge < -0.3 is 10.6 Å². The molecule has 2 amide bonds. The van der Waals surface area contributed by atoms with E-state index in [0.717, 1.165) is 41.9 Å². The number of anilines is 1. The second-order valence-electron chi connectivity index (χ2n) is 9.61. The average molecular weight is 489 g/mol. The van der Waals surface area contributed by atoms with Crippen molar-refractivity contribution in [3.63, 3.8) is 0 Å². The molecule has 0 spiro atoms. The third kappa shape index (κ3) is 4.66. The summed E-state index contributed by atoms with van der Waals surface area (Å²) in [5, 5.41) is 7.09. The Bertz CT molecular complexity index is 1020. The Morgan fingerprint density at radius 3 is 2.25 bits per heavy atom. The number of hydrogen-bond acceptors (Lipinski definition) is 3. The Morgan fingerprint density at radius 1 is 0.938 bits per heavy atom. The van der Waals surface area contributed by atoms with Crippen molar-refractivity contribution in [2.45, 2.75) is 49.0 Å². The van der Waals surface area contributed by atoms with Gasteiger partial charge in [-0.25, -0.2) is 0 Å². The Kier molecular flexibility index (Phi) is 6.17. The van der Waals surface area contributed by atoms with Gasteiger partial charge in [0.1, 0.15) is 0 Å². The molecular weight excluding hydrogens is 463 g/mol. The highest BCUT2D eigenvalue weighted by Crippen LogP contribution is 2.55.